The van der Waals surface area contributed by atoms with Crippen LogP contribution in [-0.4, -0.2) is 17.0 Å². The van der Waals surface area contributed by atoms with Crippen LogP contribution in [0.4, 0.5) is 5.82 Å². The minimum atomic E-state index is 0.694. The maximum absolute atomic E-state index is 5.40. The topological polar surface area (TPSA) is 51.0 Å². The van der Waals surface area contributed by atoms with Crippen LogP contribution < -0.4 is 5.32 Å². The van der Waals surface area contributed by atoms with Crippen LogP contribution in [0.3, 0.4) is 0 Å². The zero-order chi connectivity index (χ0) is 11.7. The molecule has 2 rings (SSSR count). The Bertz CT molecular complexity index is 522. The molecule has 84 valence electrons. The Morgan fingerprint density at radius 2 is 1.94 bits per heavy atom. The molecule has 0 aliphatic rings. The van der Waals surface area contributed by atoms with Crippen molar-refractivity contribution >= 4 is 21.7 Å². The highest BCUT2D eigenvalue weighted by Crippen LogP contribution is 2.32. The fourth-order valence-corrected chi connectivity index (χ4v) is 1.79. The summed E-state index contributed by atoms with van der Waals surface area (Å²) in [6, 6.07) is 1.84. The molecule has 0 atom stereocenters. The Balaban J connectivity index is 2.64. The first-order chi connectivity index (χ1) is 7.63. The maximum Gasteiger partial charge on any atom is 0.170 e. The Hall–Kier alpha value is -1.36. The molecule has 0 fully saturated rings. The molecule has 0 spiro atoms. The summed E-state index contributed by atoms with van der Waals surface area (Å²) in [5.74, 6) is 1.42. The quantitative estimate of drug-likeness (QED) is 0.919. The van der Waals surface area contributed by atoms with Gasteiger partial charge in [0.05, 0.1) is 22.1 Å². The van der Waals surface area contributed by atoms with E-state index in [0.717, 1.165) is 27.4 Å². The summed E-state index contributed by atoms with van der Waals surface area (Å²) in [4.78, 5) is 8.93. The summed E-state index contributed by atoms with van der Waals surface area (Å²) in [7, 11) is 1.82. The van der Waals surface area contributed by atoms with E-state index in [9.17, 15) is 0 Å². The SMILES string of the molecule is CNc1nc(C)c(C)nc1-c1occc1Br. The lowest BCUT2D eigenvalue weighted by Crippen LogP contribution is -2.02. The number of rotatable bonds is 2. The standard InChI is InChI=1S/C11H12BrN3O/c1-6-7(2)15-11(13-3)9(14-6)10-8(12)4-5-16-10/h4-5H,1-3H3,(H,13,15). The van der Waals surface area contributed by atoms with Gasteiger partial charge in [0, 0.05) is 7.05 Å². The first-order valence-electron chi connectivity index (χ1n) is 4.90. The normalized spacial score (nSPS) is 10.5. The lowest BCUT2D eigenvalue weighted by Gasteiger charge is -2.08. The van der Waals surface area contributed by atoms with Crippen molar-refractivity contribution in [2.24, 2.45) is 0 Å². The molecule has 1 N–H and O–H groups in total. The summed E-state index contributed by atoms with van der Waals surface area (Å²) in [6.07, 6.45) is 1.62. The number of aromatic nitrogens is 2. The van der Waals surface area contributed by atoms with E-state index in [-0.39, 0.29) is 0 Å². The molecule has 0 unspecified atom stereocenters. The van der Waals surface area contributed by atoms with Gasteiger partial charge in [-0.2, -0.15) is 0 Å². The van der Waals surface area contributed by atoms with Crippen molar-refractivity contribution in [1.29, 1.82) is 0 Å². The zero-order valence-corrected chi connectivity index (χ0v) is 10.9. The molecule has 5 heteroatoms. The molecule has 4 nitrogen and oxygen atoms in total. The molecule has 0 aromatic carbocycles. The number of anilines is 1. The average molecular weight is 282 g/mol. The number of nitrogens with zero attached hydrogens (tertiary/aromatic N) is 2. The Labute approximate surface area is 102 Å². The van der Waals surface area contributed by atoms with Crippen LogP contribution in [0.25, 0.3) is 11.5 Å². The van der Waals surface area contributed by atoms with Gasteiger partial charge in [-0.25, -0.2) is 9.97 Å². The first-order valence-corrected chi connectivity index (χ1v) is 5.69. The minimum absolute atomic E-state index is 0.694. The van der Waals surface area contributed by atoms with Gasteiger partial charge in [-0.15, -0.1) is 0 Å². The molecule has 2 aromatic heterocycles. The van der Waals surface area contributed by atoms with Crippen LogP contribution in [0.2, 0.25) is 0 Å². The van der Waals surface area contributed by atoms with E-state index in [4.69, 9.17) is 4.42 Å². The van der Waals surface area contributed by atoms with Crippen molar-refractivity contribution in [2.75, 3.05) is 12.4 Å². The molecule has 0 aliphatic carbocycles. The highest BCUT2D eigenvalue weighted by Gasteiger charge is 2.15. The second-order valence-electron chi connectivity index (χ2n) is 3.44. The van der Waals surface area contributed by atoms with Gasteiger partial charge < -0.3 is 9.73 Å². The van der Waals surface area contributed by atoms with Crippen molar-refractivity contribution < 1.29 is 4.42 Å². The van der Waals surface area contributed by atoms with Crippen molar-refractivity contribution in [3.8, 4) is 11.5 Å². The smallest absolute Gasteiger partial charge is 0.170 e. The van der Waals surface area contributed by atoms with Crippen molar-refractivity contribution in [2.45, 2.75) is 13.8 Å². The maximum atomic E-state index is 5.40. The predicted molar refractivity (Wildman–Crippen MR) is 66.5 cm³/mol. The molecule has 2 heterocycles. The van der Waals surface area contributed by atoms with Gasteiger partial charge in [-0.3, -0.25) is 0 Å². The molecule has 2 aromatic rings. The van der Waals surface area contributed by atoms with Gasteiger partial charge >= 0.3 is 0 Å². The van der Waals surface area contributed by atoms with Crippen LogP contribution in [0.15, 0.2) is 21.2 Å². The van der Waals surface area contributed by atoms with Gasteiger partial charge in [0.2, 0.25) is 0 Å². The highest BCUT2D eigenvalue weighted by molar-refractivity contribution is 9.10. The molecule has 0 saturated carbocycles. The number of hydrogen-bond acceptors (Lipinski definition) is 4. The van der Waals surface area contributed by atoms with E-state index in [1.807, 2.05) is 27.0 Å². The summed E-state index contributed by atoms with van der Waals surface area (Å²) in [6.45, 7) is 3.87. The van der Waals surface area contributed by atoms with Crippen molar-refractivity contribution in [3.63, 3.8) is 0 Å². The van der Waals surface area contributed by atoms with Gasteiger partial charge in [0.25, 0.3) is 0 Å². The summed E-state index contributed by atoms with van der Waals surface area (Å²) < 4.78 is 6.27. The fourth-order valence-electron chi connectivity index (χ4n) is 1.40. The number of aryl methyl sites for hydroxylation is 2. The lowest BCUT2D eigenvalue weighted by molar-refractivity contribution is 0.578. The zero-order valence-electron chi connectivity index (χ0n) is 9.34. The number of halogens is 1. The molecular weight excluding hydrogens is 270 g/mol. The Kier molecular flexibility index (Phi) is 2.96. The second kappa shape index (κ2) is 4.25. The van der Waals surface area contributed by atoms with Crippen molar-refractivity contribution in [3.05, 3.63) is 28.2 Å². The van der Waals surface area contributed by atoms with Crippen LogP contribution >= 0.6 is 15.9 Å². The van der Waals surface area contributed by atoms with E-state index >= 15 is 0 Å². The third kappa shape index (κ3) is 1.82. The molecule has 16 heavy (non-hydrogen) atoms. The second-order valence-corrected chi connectivity index (χ2v) is 4.29. The van der Waals surface area contributed by atoms with Crippen molar-refractivity contribution in [1.82, 2.24) is 9.97 Å². The number of furan rings is 1. The Morgan fingerprint density at radius 3 is 2.50 bits per heavy atom. The van der Waals surface area contributed by atoms with Gasteiger partial charge in [0.15, 0.2) is 11.6 Å². The van der Waals surface area contributed by atoms with E-state index in [1.165, 1.54) is 0 Å². The molecule has 0 amide bonds. The third-order valence-corrected chi connectivity index (χ3v) is 3.00. The van der Waals surface area contributed by atoms with Gasteiger partial charge in [-0.05, 0) is 35.8 Å². The molecule has 0 radical (unpaired) electrons. The largest absolute Gasteiger partial charge is 0.461 e. The Morgan fingerprint density at radius 1 is 1.25 bits per heavy atom. The summed E-state index contributed by atoms with van der Waals surface area (Å²) in [5.41, 5.74) is 2.54. The van der Waals surface area contributed by atoms with Crippen LogP contribution in [-0.2, 0) is 0 Å². The number of nitrogens with one attached hydrogen (secondary N) is 1. The molecular formula is C11H12BrN3O. The number of hydrogen-bond donors (Lipinski definition) is 1. The first kappa shape index (κ1) is 11.1. The minimum Gasteiger partial charge on any atom is -0.461 e. The molecule has 0 bridgehead atoms. The van der Waals surface area contributed by atoms with Gasteiger partial charge in [0.1, 0.15) is 5.69 Å². The van der Waals surface area contributed by atoms with Crippen LogP contribution in [0.5, 0.6) is 0 Å². The molecule has 0 aliphatic heterocycles. The van der Waals surface area contributed by atoms with Crippen LogP contribution in [0, 0.1) is 13.8 Å². The highest BCUT2D eigenvalue weighted by atomic mass is 79.9. The van der Waals surface area contributed by atoms with Gasteiger partial charge in [-0.1, -0.05) is 0 Å². The monoisotopic (exact) mass is 281 g/mol. The third-order valence-electron chi connectivity index (χ3n) is 2.38. The average Bonchev–Trinajstić information content (AvgIpc) is 2.68. The van der Waals surface area contributed by atoms with E-state index in [2.05, 4.69) is 31.2 Å². The lowest BCUT2D eigenvalue weighted by atomic mass is 10.2. The predicted octanol–water partition coefficient (Wildman–Crippen LogP) is 3.16. The van der Waals surface area contributed by atoms with E-state index < -0.39 is 0 Å². The van der Waals surface area contributed by atoms with E-state index in [1.54, 1.807) is 6.26 Å². The van der Waals surface area contributed by atoms with E-state index in [0.29, 0.717) is 5.76 Å². The molecule has 0 saturated heterocycles. The van der Waals surface area contributed by atoms with Crippen LogP contribution in [0.1, 0.15) is 11.4 Å². The summed E-state index contributed by atoms with van der Waals surface area (Å²) >= 11 is 3.42. The fraction of sp³-hybridized carbons (Fsp3) is 0.273. The summed E-state index contributed by atoms with van der Waals surface area (Å²) in [5, 5.41) is 3.02.